The third kappa shape index (κ3) is 3.97. The van der Waals surface area contributed by atoms with Gasteiger partial charge in [-0.1, -0.05) is 12.8 Å². The summed E-state index contributed by atoms with van der Waals surface area (Å²) < 4.78 is 5.57. The fraction of sp³-hybridized carbons (Fsp3) is 0.500. The van der Waals surface area contributed by atoms with Crippen LogP contribution in [0.4, 0.5) is 0 Å². The first-order chi connectivity index (χ1) is 9.97. The van der Waals surface area contributed by atoms with E-state index in [0.29, 0.717) is 5.75 Å². The van der Waals surface area contributed by atoms with Crippen LogP contribution < -0.4 is 10.1 Å². The van der Waals surface area contributed by atoms with Crippen LogP contribution in [-0.2, 0) is 4.79 Å². The van der Waals surface area contributed by atoms with Gasteiger partial charge < -0.3 is 15.2 Å². The highest BCUT2D eigenvalue weighted by Crippen LogP contribution is 2.25. The van der Waals surface area contributed by atoms with E-state index in [0.717, 1.165) is 24.0 Å². The van der Waals surface area contributed by atoms with Crippen molar-refractivity contribution in [3.8, 4) is 5.75 Å². The van der Waals surface area contributed by atoms with Crippen LogP contribution in [0, 0.1) is 13.8 Å². The van der Waals surface area contributed by atoms with Gasteiger partial charge in [-0.2, -0.15) is 0 Å². The maximum atomic E-state index is 11.8. The lowest BCUT2D eigenvalue weighted by Crippen LogP contribution is -2.36. The fourth-order valence-corrected chi connectivity index (χ4v) is 2.78. The van der Waals surface area contributed by atoms with Gasteiger partial charge in [-0.15, -0.1) is 0 Å². The summed E-state index contributed by atoms with van der Waals surface area (Å²) in [6, 6.07) is 3.39. The molecule has 1 saturated carbocycles. The topological polar surface area (TPSA) is 75.6 Å². The molecule has 21 heavy (non-hydrogen) atoms. The molecule has 0 unspecified atom stereocenters. The van der Waals surface area contributed by atoms with E-state index in [-0.39, 0.29) is 24.1 Å². The molecule has 1 aromatic carbocycles. The Morgan fingerprint density at radius 1 is 1.24 bits per heavy atom. The summed E-state index contributed by atoms with van der Waals surface area (Å²) in [5.41, 5.74) is 1.68. The van der Waals surface area contributed by atoms with E-state index in [1.807, 2.05) is 0 Å². The number of aryl methyl sites for hydroxylation is 2. The number of ether oxygens (including phenoxy) is 1. The van der Waals surface area contributed by atoms with Crippen LogP contribution in [-0.4, -0.2) is 29.6 Å². The average Bonchev–Trinajstić information content (AvgIpc) is 2.90. The molecule has 2 N–H and O–H groups in total. The van der Waals surface area contributed by atoms with E-state index in [9.17, 15) is 9.59 Å². The van der Waals surface area contributed by atoms with Gasteiger partial charge in [-0.3, -0.25) is 4.79 Å². The quantitative estimate of drug-likeness (QED) is 0.873. The molecular formula is C16H21NO4. The van der Waals surface area contributed by atoms with Crippen LogP contribution in [0.5, 0.6) is 5.75 Å². The lowest BCUT2D eigenvalue weighted by molar-refractivity contribution is -0.123. The Morgan fingerprint density at radius 3 is 2.33 bits per heavy atom. The SMILES string of the molecule is Cc1cc(C(=O)O)cc(C)c1OCC(=O)NC1CCCC1. The molecule has 0 saturated heterocycles. The first kappa shape index (κ1) is 15.4. The first-order valence-electron chi connectivity index (χ1n) is 7.24. The molecule has 0 atom stereocenters. The first-order valence-corrected chi connectivity index (χ1v) is 7.24. The predicted octanol–water partition coefficient (Wildman–Crippen LogP) is 2.44. The lowest BCUT2D eigenvalue weighted by atomic mass is 10.1. The highest BCUT2D eigenvalue weighted by Gasteiger charge is 2.18. The summed E-state index contributed by atoms with van der Waals surface area (Å²) in [4.78, 5) is 22.8. The number of amides is 1. The van der Waals surface area contributed by atoms with Gasteiger partial charge in [0.15, 0.2) is 6.61 Å². The number of carbonyl (C=O) groups is 2. The van der Waals surface area contributed by atoms with Crippen molar-refractivity contribution in [1.82, 2.24) is 5.32 Å². The van der Waals surface area contributed by atoms with E-state index in [4.69, 9.17) is 9.84 Å². The van der Waals surface area contributed by atoms with Gasteiger partial charge in [0.2, 0.25) is 0 Å². The molecule has 0 aliphatic heterocycles. The Labute approximate surface area is 124 Å². The molecule has 114 valence electrons. The summed E-state index contributed by atoms with van der Waals surface area (Å²) in [7, 11) is 0. The lowest BCUT2D eigenvalue weighted by Gasteiger charge is -2.15. The smallest absolute Gasteiger partial charge is 0.335 e. The van der Waals surface area contributed by atoms with Crippen molar-refractivity contribution in [2.45, 2.75) is 45.6 Å². The van der Waals surface area contributed by atoms with Crippen molar-refractivity contribution in [3.63, 3.8) is 0 Å². The van der Waals surface area contributed by atoms with E-state index >= 15 is 0 Å². The van der Waals surface area contributed by atoms with Crippen molar-refractivity contribution in [1.29, 1.82) is 0 Å². The number of hydrogen-bond donors (Lipinski definition) is 2. The zero-order valence-electron chi connectivity index (χ0n) is 12.4. The normalized spacial score (nSPS) is 15.0. The molecule has 0 radical (unpaired) electrons. The number of benzene rings is 1. The van der Waals surface area contributed by atoms with Crippen molar-refractivity contribution in [2.75, 3.05) is 6.61 Å². The van der Waals surface area contributed by atoms with Gasteiger partial charge in [0.25, 0.3) is 5.91 Å². The van der Waals surface area contributed by atoms with Gasteiger partial charge in [0.05, 0.1) is 5.56 Å². The van der Waals surface area contributed by atoms with Crippen LogP contribution in [0.2, 0.25) is 0 Å². The number of carboxylic acid groups (broad SMARTS) is 1. The molecule has 1 aliphatic rings. The predicted molar refractivity (Wildman–Crippen MR) is 78.8 cm³/mol. The van der Waals surface area contributed by atoms with Crippen molar-refractivity contribution in [2.24, 2.45) is 0 Å². The van der Waals surface area contributed by atoms with Gasteiger partial charge in [0.1, 0.15) is 5.75 Å². The minimum absolute atomic E-state index is 0.0371. The summed E-state index contributed by atoms with van der Waals surface area (Å²) in [6.45, 7) is 3.53. The molecule has 0 bridgehead atoms. The minimum Gasteiger partial charge on any atom is -0.483 e. The molecule has 1 aliphatic carbocycles. The zero-order chi connectivity index (χ0) is 15.4. The van der Waals surface area contributed by atoms with E-state index in [2.05, 4.69) is 5.32 Å². The van der Waals surface area contributed by atoms with Crippen molar-refractivity contribution in [3.05, 3.63) is 28.8 Å². The van der Waals surface area contributed by atoms with Gasteiger partial charge >= 0.3 is 5.97 Å². The Bertz CT molecular complexity index is 524. The Balaban J connectivity index is 1.96. The number of aromatic carboxylic acids is 1. The van der Waals surface area contributed by atoms with Crippen LogP contribution in [0.15, 0.2) is 12.1 Å². The van der Waals surface area contributed by atoms with Gasteiger partial charge in [-0.05, 0) is 49.9 Å². The van der Waals surface area contributed by atoms with Crippen molar-refractivity contribution >= 4 is 11.9 Å². The second-order valence-electron chi connectivity index (χ2n) is 5.58. The second-order valence-corrected chi connectivity index (χ2v) is 5.58. The number of nitrogens with one attached hydrogen (secondary N) is 1. The average molecular weight is 291 g/mol. The molecule has 0 heterocycles. The zero-order valence-corrected chi connectivity index (χ0v) is 12.4. The molecule has 1 amide bonds. The van der Waals surface area contributed by atoms with E-state index < -0.39 is 5.97 Å². The number of hydrogen-bond acceptors (Lipinski definition) is 3. The van der Waals surface area contributed by atoms with E-state index in [1.54, 1.807) is 26.0 Å². The molecule has 5 heteroatoms. The largest absolute Gasteiger partial charge is 0.483 e. The number of carbonyl (C=O) groups excluding carboxylic acids is 1. The number of rotatable bonds is 5. The molecule has 1 fully saturated rings. The number of carboxylic acids is 1. The van der Waals surface area contributed by atoms with Crippen molar-refractivity contribution < 1.29 is 19.4 Å². The Hall–Kier alpha value is -2.04. The van der Waals surface area contributed by atoms with Gasteiger partial charge in [0, 0.05) is 6.04 Å². The van der Waals surface area contributed by atoms with Crippen LogP contribution >= 0.6 is 0 Å². The molecule has 0 spiro atoms. The summed E-state index contributed by atoms with van der Waals surface area (Å²) in [5, 5.41) is 12.0. The molecule has 5 nitrogen and oxygen atoms in total. The van der Waals surface area contributed by atoms with Gasteiger partial charge in [-0.25, -0.2) is 4.79 Å². The molecule has 2 rings (SSSR count). The minimum atomic E-state index is -0.966. The molecule has 1 aromatic rings. The monoisotopic (exact) mass is 291 g/mol. The maximum Gasteiger partial charge on any atom is 0.335 e. The van der Waals surface area contributed by atoms with Crippen LogP contribution in [0.1, 0.15) is 47.2 Å². The fourth-order valence-electron chi connectivity index (χ4n) is 2.78. The highest BCUT2D eigenvalue weighted by molar-refractivity contribution is 5.88. The second kappa shape index (κ2) is 6.61. The maximum absolute atomic E-state index is 11.8. The third-order valence-electron chi connectivity index (χ3n) is 3.78. The molecule has 0 aromatic heterocycles. The standard InChI is InChI=1S/C16H21NO4/c1-10-7-12(16(19)20)8-11(2)15(10)21-9-14(18)17-13-5-3-4-6-13/h7-8,13H,3-6,9H2,1-2H3,(H,17,18)(H,19,20). The van der Waals surface area contributed by atoms with Crippen LogP contribution in [0.3, 0.4) is 0 Å². The summed E-state index contributed by atoms with van der Waals surface area (Å²) in [6.07, 6.45) is 4.41. The van der Waals surface area contributed by atoms with E-state index in [1.165, 1.54) is 12.8 Å². The summed E-state index contributed by atoms with van der Waals surface area (Å²) in [5.74, 6) is -0.503. The Kier molecular flexibility index (Phi) is 4.83. The molecular weight excluding hydrogens is 270 g/mol. The third-order valence-corrected chi connectivity index (χ3v) is 3.78. The summed E-state index contributed by atoms with van der Waals surface area (Å²) >= 11 is 0. The highest BCUT2D eigenvalue weighted by atomic mass is 16.5. The Morgan fingerprint density at radius 2 is 1.81 bits per heavy atom. The van der Waals surface area contributed by atoms with Crippen LogP contribution in [0.25, 0.3) is 0 Å².